The Labute approximate surface area is 153 Å². The second-order valence-corrected chi connectivity index (χ2v) is 7.92. The van der Waals surface area contributed by atoms with Crippen LogP contribution in [0.2, 0.25) is 0 Å². The standard InChI is InChI=1S/C20H35N5/c1-5-6-19-15-20(22-17(3)21-19)25-9-7-18(8-10-25)16(2)24-13-11-23(4)12-14-24/h15-16,18H,5-14H2,1-4H3/t16-/m1/s1. The van der Waals surface area contributed by atoms with Gasteiger partial charge in [-0.25, -0.2) is 9.97 Å². The summed E-state index contributed by atoms with van der Waals surface area (Å²) in [6, 6.07) is 2.92. The number of piperidine rings is 1. The summed E-state index contributed by atoms with van der Waals surface area (Å²) in [6.45, 7) is 13.8. The fourth-order valence-corrected chi connectivity index (χ4v) is 4.30. The van der Waals surface area contributed by atoms with E-state index in [1.54, 1.807) is 0 Å². The molecule has 0 bridgehead atoms. The van der Waals surface area contributed by atoms with Gasteiger partial charge >= 0.3 is 0 Å². The summed E-state index contributed by atoms with van der Waals surface area (Å²) in [6.07, 6.45) is 4.74. The first-order valence-corrected chi connectivity index (χ1v) is 10.1. The molecular formula is C20H35N5. The van der Waals surface area contributed by atoms with Gasteiger partial charge in [-0.2, -0.15) is 0 Å². The summed E-state index contributed by atoms with van der Waals surface area (Å²) in [7, 11) is 2.23. The van der Waals surface area contributed by atoms with E-state index in [9.17, 15) is 0 Å². The molecule has 0 aliphatic carbocycles. The first-order valence-electron chi connectivity index (χ1n) is 10.1. The molecule has 0 radical (unpaired) electrons. The minimum Gasteiger partial charge on any atom is -0.356 e. The van der Waals surface area contributed by atoms with Crippen molar-refractivity contribution in [3.63, 3.8) is 0 Å². The van der Waals surface area contributed by atoms with Gasteiger partial charge in [0.2, 0.25) is 0 Å². The Morgan fingerprint density at radius 1 is 1.08 bits per heavy atom. The predicted octanol–water partition coefficient (Wildman–Crippen LogP) is 2.59. The van der Waals surface area contributed by atoms with Crippen LogP contribution in [-0.2, 0) is 6.42 Å². The largest absolute Gasteiger partial charge is 0.356 e. The van der Waals surface area contributed by atoms with Crippen LogP contribution in [0.5, 0.6) is 0 Å². The number of hydrogen-bond donors (Lipinski definition) is 0. The molecule has 2 saturated heterocycles. The van der Waals surface area contributed by atoms with Crippen molar-refractivity contribution >= 4 is 5.82 Å². The third kappa shape index (κ3) is 4.70. The number of hydrogen-bond acceptors (Lipinski definition) is 5. The Balaban J connectivity index is 1.56. The van der Waals surface area contributed by atoms with E-state index < -0.39 is 0 Å². The molecule has 0 unspecified atom stereocenters. The molecule has 140 valence electrons. The molecule has 0 aromatic carbocycles. The van der Waals surface area contributed by atoms with Gasteiger partial charge in [0.1, 0.15) is 11.6 Å². The average Bonchev–Trinajstić information content (AvgIpc) is 2.62. The minimum atomic E-state index is 0.707. The lowest BCUT2D eigenvalue weighted by Crippen LogP contribution is -2.51. The van der Waals surface area contributed by atoms with Crippen LogP contribution < -0.4 is 4.90 Å². The fraction of sp³-hybridized carbons (Fsp3) is 0.800. The monoisotopic (exact) mass is 345 g/mol. The summed E-state index contributed by atoms with van der Waals surface area (Å²) in [5.74, 6) is 2.87. The van der Waals surface area contributed by atoms with Crippen LogP contribution in [-0.4, -0.2) is 72.1 Å². The van der Waals surface area contributed by atoms with E-state index in [-0.39, 0.29) is 0 Å². The Morgan fingerprint density at radius 3 is 2.40 bits per heavy atom. The Morgan fingerprint density at radius 2 is 1.76 bits per heavy atom. The van der Waals surface area contributed by atoms with E-state index in [0.717, 1.165) is 43.5 Å². The van der Waals surface area contributed by atoms with Gasteiger partial charge in [0, 0.05) is 57.1 Å². The van der Waals surface area contributed by atoms with E-state index in [2.05, 4.69) is 46.6 Å². The van der Waals surface area contributed by atoms with Crippen LogP contribution in [0.3, 0.4) is 0 Å². The predicted molar refractivity (Wildman–Crippen MR) is 104 cm³/mol. The molecule has 2 fully saturated rings. The van der Waals surface area contributed by atoms with Crippen molar-refractivity contribution < 1.29 is 0 Å². The normalized spacial score (nSPS) is 22.3. The van der Waals surface area contributed by atoms with Crippen molar-refractivity contribution in [1.82, 2.24) is 19.8 Å². The molecule has 2 aliphatic rings. The molecule has 2 aliphatic heterocycles. The summed E-state index contributed by atoms with van der Waals surface area (Å²) in [5.41, 5.74) is 1.19. The van der Waals surface area contributed by atoms with Crippen molar-refractivity contribution in [2.24, 2.45) is 5.92 Å². The van der Waals surface area contributed by atoms with Crippen molar-refractivity contribution in [2.75, 3.05) is 51.2 Å². The maximum absolute atomic E-state index is 4.71. The molecular weight excluding hydrogens is 310 g/mol. The van der Waals surface area contributed by atoms with E-state index in [1.165, 1.54) is 44.7 Å². The zero-order valence-corrected chi connectivity index (χ0v) is 16.5. The van der Waals surface area contributed by atoms with E-state index >= 15 is 0 Å². The Bertz CT molecular complexity index is 545. The van der Waals surface area contributed by atoms with Crippen LogP contribution in [0.4, 0.5) is 5.82 Å². The number of likely N-dealkylation sites (N-methyl/N-ethyl adjacent to an activating group) is 1. The molecule has 0 spiro atoms. The van der Waals surface area contributed by atoms with Gasteiger partial charge in [-0.1, -0.05) is 13.3 Å². The SMILES string of the molecule is CCCc1cc(N2CCC([C@@H](C)N3CCN(C)CC3)CC2)nc(C)n1. The number of aromatic nitrogens is 2. The lowest BCUT2D eigenvalue weighted by molar-refractivity contribution is 0.0813. The first-order chi connectivity index (χ1) is 12.1. The Kier molecular flexibility index (Phi) is 6.29. The number of piperazine rings is 1. The van der Waals surface area contributed by atoms with Crippen LogP contribution in [0.25, 0.3) is 0 Å². The van der Waals surface area contributed by atoms with Crippen LogP contribution in [0.1, 0.15) is 44.6 Å². The number of anilines is 1. The second-order valence-electron chi connectivity index (χ2n) is 7.92. The third-order valence-corrected chi connectivity index (χ3v) is 6.04. The van der Waals surface area contributed by atoms with Gasteiger partial charge in [-0.3, -0.25) is 4.90 Å². The highest BCUT2D eigenvalue weighted by Crippen LogP contribution is 2.27. The highest BCUT2D eigenvalue weighted by Gasteiger charge is 2.29. The Hall–Kier alpha value is -1.20. The highest BCUT2D eigenvalue weighted by molar-refractivity contribution is 5.40. The molecule has 0 N–H and O–H groups in total. The molecule has 3 rings (SSSR count). The van der Waals surface area contributed by atoms with Crippen LogP contribution >= 0.6 is 0 Å². The maximum atomic E-state index is 4.71. The van der Waals surface area contributed by atoms with Crippen LogP contribution in [0.15, 0.2) is 6.07 Å². The topological polar surface area (TPSA) is 35.5 Å². The zero-order valence-electron chi connectivity index (χ0n) is 16.5. The summed E-state index contributed by atoms with van der Waals surface area (Å²) in [4.78, 5) is 16.9. The molecule has 5 heteroatoms. The first kappa shape index (κ1) is 18.6. The maximum Gasteiger partial charge on any atom is 0.132 e. The van der Waals surface area contributed by atoms with E-state index in [4.69, 9.17) is 4.98 Å². The highest BCUT2D eigenvalue weighted by atomic mass is 15.3. The zero-order chi connectivity index (χ0) is 17.8. The van der Waals surface area contributed by atoms with E-state index in [1.807, 2.05) is 6.92 Å². The number of aryl methyl sites for hydroxylation is 2. The van der Waals surface area contributed by atoms with Gasteiger partial charge in [-0.05, 0) is 46.1 Å². The molecule has 1 aromatic heterocycles. The smallest absolute Gasteiger partial charge is 0.132 e. The minimum absolute atomic E-state index is 0.707. The molecule has 5 nitrogen and oxygen atoms in total. The van der Waals surface area contributed by atoms with Gasteiger partial charge in [-0.15, -0.1) is 0 Å². The van der Waals surface area contributed by atoms with Crippen molar-refractivity contribution in [3.05, 3.63) is 17.6 Å². The van der Waals surface area contributed by atoms with Crippen molar-refractivity contribution in [3.8, 4) is 0 Å². The van der Waals surface area contributed by atoms with Gasteiger partial charge in [0.05, 0.1) is 0 Å². The lowest BCUT2D eigenvalue weighted by Gasteiger charge is -2.43. The van der Waals surface area contributed by atoms with Crippen molar-refractivity contribution in [1.29, 1.82) is 0 Å². The summed E-state index contributed by atoms with van der Waals surface area (Å²) >= 11 is 0. The van der Waals surface area contributed by atoms with Gasteiger partial charge in [0.15, 0.2) is 0 Å². The molecule has 1 aromatic rings. The van der Waals surface area contributed by atoms with Crippen LogP contribution in [0, 0.1) is 12.8 Å². The molecule has 0 saturated carbocycles. The molecule has 25 heavy (non-hydrogen) atoms. The fourth-order valence-electron chi connectivity index (χ4n) is 4.30. The molecule has 1 atom stereocenters. The number of rotatable bonds is 5. The third-order valence-electron chi connectivity index (χ3n) is 6.04. The lowest BCUT2D eigenvalue weighted by atomic mass is 9.89. The quantitative estimate of drug-likeness (QED) is 0.820. The van der Waals surface area contributed by atoms with Gasteiger partial charge < -0.3 is 9.80 Å². The number of nitrogens with zero attached hydrogens (tertiary/aromatic N) is 5. The second kappa shape index (κ2) is 8.45. The molecule has 3 heterocycles. The molecule has 0 amide bonds. The summed E-state index contributed by atoms with van der Waals surface area (Å²) < 4.78 is 0. The summed E-state index contributed by atoms with van der Waals surface area (Å²) in [5, 5.41) is 0. The van der Waals surface area contributed by atoms with Gasteiger partial charge in [0.25, 0.3) is 0 Å². The van der Waals surface area contributed by atoms with E-state index in [0.29, 0.717) is 6.04 Å². The van der Waals surface area contributed by atoms with Crippen molar-refractivity contribution in [2.45, 2.75) is 52.5 Å². The average molecular weight is 346 g/mol.